The second kappa shape index (κ2) is 3.97. The van der Waals surface area contributed by atoms with Crippen molar-refractivity contribution >= 4 is 21.3 Å². The molecule has 1 aliphatic rings. The normalized spacial score (nSPS) is 15.3. The van der Waals surface area contributed by atoms with E-state index < -0.39 is 20.5 Å². The van der Waals surface area contributed by atoms with Crippen LogP contribution >= 0.6 is 0 Å². The molecule has 100 valence electrons. The van der Waals surface area contributed by atoms with E-state index in [4.69, 9.17) is 0 Å². The molecule has 3 rings (SSSR count). The van der Waals surface area contributed by atoms with Gasteiger partial charge < -0.3 is 0 Å². The molecule has 20 heavy (non-hydrogen) atoms. The number of nitrogens with zero attached hydrogens (tertiary/aromatic N) is 1. The number of hydrogen-bond donors (Lipinski definition) is 0. The quantitative estimate of drug-likeness (QED) is 0.504. The standard InChI is InChI=1S/C13H7NO5S/c15-13-9-3-1-2-4-11(9)20(18,19)12-7-8(14(16)17)5-6-10(12)13/h1-7H. The molecule has 7 heteroatoms. The highest BCUT2D eigenvalue weighted by atomic mass is 32.2. The van der Waals surface area contributed by atoms with Crippen LogP contribution in [0.25, 0.3) is 0 Å². The van der Waals surface area contributed by atoms with Gasteiger partial charge in [0.25, 0.3) is 5.69 Å². The predicted octanol–water partition coefficient (Wildman–Crippen LogP) is 1.97. The maximum atomic E-state index is 12.4. The molecule has 0 fully saturated rings. The molecular formula is C13H7NO5S. The average molecular weight is 289 g/mol. The molecule has 0 amide bonds. The van der Waals surface area contributed by atoms with Crippen molar-refractivity contribution < 1.29 is 18.1 Å². The van der Waals surface area contributed by atoms with Crippen molar-refractivity contribution in [2.75, 3.05) is 0 Å². The molecule has 1 aliphatic heterocycles. The fourth-order valence-electron chi connectivity index (χ4n) is 2.19. The number of benzene rings is 2. The minimum absolute atomic E-state index is 0.0331. The lowest BCUT2D eigenvalue weighted by Crippen LogP contribution is -2.20. The maximum absolute atomic E-state index is 12.4. The van der Waals surface area contributed by atoms with Gasteiger partial charge in [-0.15, -0.1) is 0 Å². The van der Waals surface area contributed by atoms with E-state index in [1.54, 1.807) is 6.07 Å². The summed E-state index contributed by atoms with van der Waals surface area (Å²) in [6.45, 7) is 0. The zero-order chi connectivity index (χ0) is 14.5. The van der Waals surface area contributed by atoms with Crippen LogP contribution in [0, 0.1) is 10.1 Å². The Balaban J connectivity index is 2.38. The van der Waals surface area contributed by atoms with Gasteiger partial charge in [-0.2, -0.15) is 0 Å². The van der Waals surface area contributed by atoms with Gasteiger partial charge in [-0.1, -0.05) is 12.1 Å². The molecule has 0 atom stereocenters. The number of nitro benzene ring substituents is 1. The highest BCUT2D eigenvalue weighted by Gasteiger charge is 2.35. The van der Waals surface area contributed by atoms with E-state index in [2.05, 4.69) is 0 Å². The van der Waals surface area contributed by atoms with Crippen molar-refractivity contribution in [3.05, 3.63) is 63.7 Å². The Kier molecular flexibility index (Phi) is 2.48. The van der Waals surface area contributed by atoms with Gasteiger partial charge in [-0.05, 0) is 18.2 Å². The van der Waals surface area contributed by atoms with E-state index in [1.165, 1.54) is 24.3 Å². The molecule has 0 spiro atoms. The van der Waals surface area contributed by atoms with Crippen LogP contribution in [0.4, 0.5) is 5.69 Å². The van der Waals surface area contributed by atoms with Crippen LogP contribution in [-0.2, 0) is 9.84 Å². The Morgan fingerprint density at radius 1 is 0.950 bits per heavy atom. The third-order valence-corrected chi connectivity index (χ3v) is 4.98. The van der Waals surface area contributed by atoms with Gasteiger partial charge in [0.1, 0.15) is 0 Å². The fraction of sp³-hybridized carbons (Fsp3) is 0. The third-order valence-electron chi connectivity index (χ3n) is 3.13. The fourth-order valence-corrected chi connectivity index (χ4v) is 3.86. The Morgan fingerprint density at radius 2 is 1.60 bits per heavy atom. The minimum Gasteiger partial charge on any atom is -0.289 e. The first-order valence-electron chi connectivity index (χ1n) is 5.60. The van der Waals surface area contributed by atoms with Crippen LogP contribution in [0.2, 0.25) is 0 Å². The summed E-state index contributed by atoms with van der Waals surface area (Å²) in [5, 5.41) is 10.8. The molecule has 6 nitrogen and oxygen atoms in total. The summed E-state index contributed by atoms with van der Waals surface area (Å²) in [5.74, 6) is -0.444. The second-order valence-corrected chi connectivity index (χ2v) is 6.15. The van der Waals surface area contributed by atoms with E-state index in [0.717, 1.165) is 12.1 Å². The van der Waals surface area contributed by atoms with Crippen LogP contribution in [0.15, 0.2) is 52.3 Å². The Hall–Kier alpha value is -2.54. The number of ketones is 1. The smallest absolute Gasteiger partial charge is 0.270 e. The SMILES string of the molecule is O=C1c2ccccc2S(=O)(=O)c2cc([N+](=O)[O-])ccc21. The molecule has 2 aromatic rings. The summed E-state index contributed by atoms with van der Waals surface area (Å²) in [7, 11) is -3.92. The lowest BCUT2D eigenvalue weighted by atomic mass is 10.0. The summed E-state index contributed by atoms with van der Waals surface area (Å²) in [4.78, 5) is 21.9. The van der Waals surface area contributed by atoms with E-state index in [0.29, 0.717) is 0 Å². The number of fused-ring (bicyclic) bond motifs is 2. The van der Waals surface area contributed by atoms with Crippen molar-refractivity contribution in [2.45, 2.75) is 9.79 Å². The second-order valence-electron chi connectivity index (χ2n) is 4.27. The lowest BCUT2D eigenvalue weighted by Gasteiger charge is -2.18. The molecule has 0 bridgehead atoms. The van der Waals surface area contributed by atoms with Gasteiger partial charge in [0.2, 0.25) is 9.84 Å². The van der Waals surface area contributed by atoms with Gasteiger partial charge in [0, 0.05) is 23.3 Å². The van der Waals surface area contributed by atoms with Gasteiger partial charge in [-0.3, -0.25) is 14.9 Å². The average Bonchev–Trinajstić information content (AvgIpc) is 2.44. The molecule has 0 saturated carbocycles. The Morgan fingerprint density at radius 3 is 2.30 bits per heavy atom. The van der Waals surface area contributed by atoms with Crippen LogP contribution in [0.3, 0.4) is 0 Å². The zero-order valence-corrected chi connectivity index (χ0v) is 10.8. The molecule has 0 aromatic heterocycles. The van der Waals surface area contributed by atoms with Gasteiger partial charge in [0.15, 0.2) is 5.78 Å². The summed E-state index contributed by atoms with van der Waals surface area (Å²) < 4.78 is 24.9. The van der Waals surface area contributed by atoms with E-state index in [1.807, 2.05) is 0 Å². The number of rotatable bonds is 1. The monoisotopic (exact) mass is 289 g/mol. The number of non-ortho nitro benzene ring substituents is 1. The molecule has 2 aromatic carbocycles. The molecule has 1 heterocycles. The molecule has 0 N–H and O–H groups in total. The molecular weight excluding hydrogens is 282 g/mol. The lowest BCUT2D eigenvalue weighted by molar-refractivity contribution is -0.385. The first-order chi connectivity index (χ1) is 9.43. The summed E-state index contributed by atoms with van der Waals surface area (Å²) in [6, 6.07) is 9.07. The number of hydrogen-bond acceptors (Lipinski definition) is 5. The number of carbonyl (C=O) groups excluding carboxylic acids is 1. The van der Waals surface area contributed by atoms with Crippen LogP contribution in [-0.4, -0.2) is 19.1 Å². The van der Waals surface area contributed by atoms with Gasteiger partial charge in [-0.25, -0.2) is 8.42 Å². The molecule has 0 saturated heterocycles. The molecule has 0 aliphatic carbocycles. The minimum atomic E-state index is -3.92. The van der Waals surface area contributed by atoms with Gasteiger partial charge >= 0.3 is 0 Å². The summed E-state index contributed by atoms with van der Waals surface area (Å²) in [5.41, 5.74) is -0.303. The molecule has 0 unspecified atom stereocenters. The van der Waals surface area contributed by atoms with Crippen molar-refractivity contribution in [1.29, 1.82) is 0 Å². The maximum Gasteiger partial charge on any atom is 0.270 e. The number of carbonyl (C=O) groups is 1. The van der Waals surface area contributed by atoms with E-state index >= 15 is 0 Å². The van der Waals surface area contributed by atoms with Crippen molar-refractivity contribution in [1.82, 2.24) is 0 Å². The topological polar surface area (TPSA) is 94.3 Å². The zero-order valence-electron chi connectivity index (χ0n) is 9.94. The number of nitro groups is 1. The van der Waals surface area contributed by atoms with Crippen LogP contribution < -0.4 is 0 Å². The summed E-state index contributed by atoms with van der Waals surface area (Å²) >= 11 is 0. The predicted molar refractivity (Wildman–Crippen MR) is 68.4 cm³/mol. The highest BCUT2D eigenvalue weighted by molar-refractivity contribution is 7.91. The van der Waals surface area contributed by atoms with Crippen molar-refractivity contribution in [3.8, 4) is 0 Å². The highest BCUT2D eigenvalue weighted by Crippen LogP contribution is 2.35. The Labute approximate surface area is 113 Å². The van der Waals surface area contributed by atoms with Crippen LogP contribution in [0.5, 0.6) is 0 Å². The largest absolute Gasteiger partial charge is 0.289 e. The third kappa shape index (κ3) is 1.56. The summed E-state index contributed by atoms with van der Waals surface area (Å²) in [6.07, 6.45) is 0. The number of sulfone groups is 1. The Bertz CT molecular complexity index is 870. The first-order valence-corrected chi connectivity index (χ1v) is 7.08. The van der Waals surface area contributed by atoms with E-state index in [-0.39, 0.29) is 26.6 Å². The van der Waals surface area contributed by atoms with Crippen molar-refractivity contribution in [2.24, 2.45) is 0 Å². The van der Waals surface area contributed by atoms with Crippen molar-refractivity contribution in [3.63, 3.8) is 0 Å². The van der Waals surface area contributed by atoms with Crippen LogP contribution in [0.1, 0.15) is 15.9 Å². The first kappa shape index (κ1) is 12.5. The van der Waals surface area contributed by atoms with Gasteiger partial charge in [0.05, 0.1) is 14.7 Å². The van der Waals surface area contributed by atoms with E-state index in [9.17, 15) is 23.3 Å². The molecule has 0 radical (unpaired) electrons.